The van der Waals surface area contributed by atoms with Gasteiger partial charge >= 0.3 is 11.9 Å². The Labute approximate surface area is 437 Å². The Morgan fingerprint density at radius 2 is 0.961 bits per heavy atom. The number of nitrogens with zero attached hydrogens (tertiary/aromatic N) is 6. The highest BCUT2D eigenvalue weighted by atomic mass is 33.1. The number of nitrogen functional groups attached to an aromatic ring is 2. The Hall–Kier alpha value is -8.30. The van der Waals surface area contributed by atoms with Crippen molar-refractivity contribution in [3.63, 3.8) is 0 Å². The van der Waals surface area contributed by atoms with Crippen LogP contribution in [-0.4, -0.2) is 171 Å². The smallest absolute Gasteiger partial charge is 0.328 e. The van der Waals surface area contributed by atoms with E-state index in [9.17, 15) is 57.5 Å². The van der Waals surface area contributed by atoms with Crippen LogP contribution in [-0.2, 0) is 70.5 Å². The number of carbonyl (C=O) groups excluding carboxylic acids is 10. The first-order valence-corrected chi connectivity index (χ1v) is 25.8. The van der Waals surface area contributed by atoms with Gasteiger partial charge in [-0.05, 0) is 25.7 Å². The van der Waals surface area contributed by atoms with E-state index in [1.54, 1.807) is 27.7 Å². The number of aromatic nitrogens is 8. The minimum absolute atomic E-state index is 0.0697. The van der Waals surface area contributed by atoms with Crippen molar-refractivity contribution in [2.24, 2.45) is 11.8 Å². The maximum atomic E-state index is 14.1. The number of imidazole rings is 2. The quantitative estimate of drug-likeness (QED) is 0.0577. The number of rotatable bonds is 8. The molecule has 0 unspecified atom stereocenters. The molecule has 32 nitrogen and oxygen atoms in total. The van der Waals surface area contributed by atoms with E-state index in [4.69, 9.17) is 20.9 Å². The van der Waals surface area contributed by atoms with E-state index in [1.165, 1.54) is 13.8 Å². The molecule has 2 bridgehead atoms. The normalized spacial score (nSPS) is 24.3. The van der Waals surface area contributed by atoms with Crippen LogP contribution in [0.2, 0.25) is 0 Å². The van der Waals surface area contributed by atoms with Gasteiger partial charge in [0.15, 0.2) is 22.3 Å². The molecule has 8 atom stereocenters. The molecule has 2 saturated heterocycles. The van der Waals surface area contributed by atoms with Crippen molar-refractivity contribution in [3.05, 3.63) is 33.4 Å². The van der Waals surface area contributed by atoms with Crippen LogP contribution in [0.4, 0.5) is 11.9 Å². The molecule has 8 amide bonds. The van der Waals surface area contributed by atoms with Crippen LogP contribution in [0.15, 0.2) is 22.2 Å². The lowest BCUT2D eigenvalue weighted by molar-refractivity contribution is -0.152. The Bertz CT molecular complexity index is 2850. The zero-order valence-corrected chi connectivity index (χ0v) is 43.2. The highest BCUT2D eigenvalue weighted by molar-refractivity contribution is 8.76. The molecule has 6 rings (SSSR count). The fraction of sp³-hybridized carbons (Fsp3) is 0.524. The van der Waals surface area contributed by atoms with Crippen LogP contribution >= 0.6 is 21.6 Å². The molecule has 0 aliphatic carbocycles. The second-order valence-electron chi connectivity index (χ2n) is 18.1. The summed E-state index contributed by atoms with van der Waals surface area (Å²) in [4.78, 5) is 184. The maximum Gasteiger partial charge on any atom is 0.328 e. The molecular weight excluding hydrogens is 1040 g/mol. The summed E-state index contributed by atoms with van der Waals surface area (Å²) in [5.74, 6) is -12.2. The Morgan fingerprint density at radius 3 is 1.32 bits per heavy atom. The van der Waals surface area contributed by atoms with E-state index >= 15 is 0 Å². The van der Waals surface area contributed by atoms with Gasteiger partial charge in [0.25, 0.3) is 11.1 Å². The van der Waals surface area contributed by atoms with Gasteiger partial charge in [0.1, 0.15) is 74.6 Å². The van der Waals surface area contributed by atoms with E-state index in [-0.39, 0.29) is 45.7 Å². The van der Waals surface area contributed by atoms with Gasteiger partial charge in [-0.2, -0.15) is 9.97 Å². The average molecular weight is 1100 g/mol. The first-order chi connectivity index (χ1) is 35.9. The van der Waals surface area contributed by atoms with Crippen LogP contribution in [0.3, 0.4) is 0 Å². The van der Waals surface area contributed by atoms with Crippen LogP contribution in [0, 0.1) is 11.8 Å². The number of anilines is 2. The zero-order valence-electron chi connectivity index (χ0n) is 41.5. The van der Waals surface area contributed by atoms with E-state index in [1.807, 2.05) is 0 Å². The van der Waals surface area contributed by atoms with E-state index in [2.05, 4.69) is 72.4 Å². The minimum atomic E-state index is -1.72. The second-order valence-corrected chi connectivity index (χ2v) is 20.7. The highest BCUT2D eigenvalue weighted by Gasteiger charge is 2.37. The van der Waals surface area contributed by atoms with Gasteiger partial charge in [-0.3, -0.25) is 57.9 Å². The van der Waals surface area contributed by atoms with Gasteiger partial charge in [0.05, 0.1) is 12.7 Å². The van der Waals surface area contributed by atoms with Crippen LogP contribution in [0.1, 0.15) is 41.5 Å². The number of cyclic esters (lactones) is 2. The number of nitrogens with one attached hydrogen (secondary N) is 10. The van der Waals surface area contributed by atoms with Crippen molar-refractivity contribution in [2.75, 3.05) is 36.2 Å². The topological polar surface area (TPSA) is 465 Å². The van der Waals surface area contributed by atoms with Crippen molar-refractivity contribution >= 4 is 115 Å². The van der Waals surface area contributed by atoms with Gasteiger partial charge < -0.3 is 72.6 Å². The third-order valence-corrected chi connectivity index (χ3v) is 13.9. The fourth-order valence-corrected chi connectivity index (χ4v) is 9.62. The largest absolute Gasteiger partial charge is 0.461 e. The third-order valence-electron chi connectivity index (χ3n) is 11.5. The summed E-state index contributed by atoms with van der Waals surface area (Å²) in [5.41, 5.74) is 9.57. The van der Waals surface area contributed by atoms with Gasteiger partial charge in [0.2, 0.25) is 59.2 Å². The third kappa shape index (κ3) is 14.3. The minimum Gasteiger partial charge on any atom is -0.461 e. The molecule has 4 aromatic rings. The lowest BCUT2D eigenvalue weighted by Gasteiger charge is -2.28. The lowest BCUT2D eigenvalue weighted by Crippen LogP contribution is -2.60. The molecule has 34 heteroatoms. The molecule has 2 aliphatic rings. The molecule has 6 heterocycles. The van der Waals surface area contributed by atoms with E-state index in [0.29, 0.717) is 0 Å². The standard InChI is InChI=1S/C42H56N18O14S2/c1-15(2)25-39(71)73-9-19(49-23(61)7-59-13-45-27-29(59)55-41(43)57-37(27)69)33(65)47-18(6)32(64)52-22-12-76-75-11-21(35(67)53-25)51-31(63)17(5)48-34(66)20(10-74-40(72)26(16(3)4)54-36(22)68)50-24(62)8-60-14-46-28-30(60)56-42(44)58-38(28)70/h13-22,25-26H,7-12H2,1-6H3,(H,47,65)(H,48,66)(H,49,61)(H,50,62)(H,51,63)(H,52,64)(H,53,67)(H,54,68)(H3,43,55,57,69)(H3,44,56,58,70)/t17-,18-,19+,20+,21-,22-,25-,26-/m0/s1. The van der Waals surface area contributed by atoms with E-state index < -0.39 is 157 Å². The number of ether oxygens (including phenoxy) is 2. The fourth-order valence-electron chi connectivity index (χ4n) is 7.29. The monoisotopic (exact) mass is 1100 g/mol. The van der Waals surface area contributed by atoms with E-state index in [0.717, 1.165) is 43.4 Å². The maximum absolute atomic E-state index is 14.1. The first kappa shape index (κ1) is 57.0. The van der Waals surface area contributed by atoms with Crippen molar-refractivity contribution in [2.45, 2.75) is 103 Å². The number of esters is 2. The summed E-state index contributed by atoms with van der Waals surface area (Å²) in [6.45, 7) is 5.85. The molecule has 0 spiro atoms. The number of amides is 8. The molecule has 76 heavy (non-hydrogen) atoms. The summed E-state index contributed by atoms with van der Waals surface area (Å²) in [5, 5.41) is 19.9. The number of carbonyl (C=O) groups is 10. The zero-order chi connectivity index (χ0) is 55.7. The van der Waals surface area contributed by atoms with Crippen molar-refractivity contribution in [1.29, 1.82) is 0 Å². The summed E-state index contributed by atoms with van der Waals surface area (Å²) < 4.78 is 13.3. The summed E-state index contributed by atoms with van der Waals surface area (Å²) in [6.07, 6.45) is 2.25. The molecule has 2 aliphatic heterocycles. The summed E-state index contributed by atoms with van der Waals surface area (Å²) >= 11 is 0. The summed E-state index contributed by atoms with van der Waals surface area (Å²) in [7, 11) is 1.93. The first-order valence-electron chi connectivity index (χ1n) is 23.3. The van der Waals surface area contributed by atoms with Crippen molar-refractivity contribution in [1.82, 2.24) is 81.6 Å². The van der Waals surface area contributed by atoms with Gasteiger partial charge in [0, 0.05) is 11.5 Å². The van der Waals surface area contributed by atoms with Crippen LogP contribution in [0.25, 0.3) is 22.3 Å². The molecular formula is C42H56N18O14S2. The molecule has 0 aromatic carbocycles. The van der Waals surface area contributed by atoms with Gasteiger partial charge in [-0.15, -0.1) is 0 Å². The number of aromatic amines is 2. The molecule has 4 aromatic heterocycles. The Morgan fingerprint density at radius 1 is 0.592 bits per heavy atom. The molecule has 2 fully saturated rings. The van der Waals surface area contributed by atoms with Crippen LogP contribution in [0.5, 0.6) is 0 Å². The van der Waals surface area contributed by atoms with Crippen molar-refractivity contribution < 1.29 is 57.4 Å². The average Bonchev–Trinajstić information content (AvgIpc) is 3.94. The number of nitrogens with two attached hydrogens (primary N) is 2. The highest BCUT2D eigenvalue weighted by Crippen LogP contribution is 2.24. The Balaban J connectivity index is 1.29. The van der Waals surface area contributed by atoms with Gasteiger partial charge in [-0.25, -0.2) is 19.6 Å². The number of hydrogen-bond donors (Lipinski definition) is 12. The molecule has 410 valence electrons. The lowest BCUT2D eigenvalue weighted by atomic mass is 10.0. The summed E-state index contributed by atoms with van der Waals surface area (Å²) in [6, 6.07) is -12.2. The Kier molecular flexibility index (Phi) is 18.6. The number of hydrogen-bond acceptors (Lipinski definition) is 22. The van der Waals surface area contributed by atoms with Crippen LogP contribution < -0.4 is 65.1 Å². The number of fused-ring (bicyclic) bond motifs is 7. The number of H-pyrrole nitrogens is 2. The van der Waals surface area contributed by atoms with Gasteiger partial charge in [-0.1, -0.05) is 49.3 Å². The molecule has 14 N–H and O–H groups in total. The van der Waals surface area contributed by atoms with Crippen molar-refractivity contribution in [3.8, 4) is 0 Å². The predicted molar refractivity (Wildman–Crippen MR) is 268 cm³/mol. The molecule has 0 saturated carbocycles. The second kappa shape index (κ2) is 24.8. The predicted octanol–water partition coefficient (Wildman–Crippen LogP) is -5.86. The molecule has 0 radical (unpaired) electrons. The SMILES string of the molecule is CC(C)[C@@H]1NC(=O)[C@@H]2CSSC[C@H](NC(=O)[C@H](C)NC(=O)[C@H](NC(=O)Cn3cnc4c(=O)[nH]c(N)nc43)COC1=O)C(=O)N[C@@H](C(C)C)C(=O)OC[C@@H](NC(=O)Cn1cnc3c(=O)[nH]c(N)nc31)C(=O)N[C@@H](C)C(=O)N2.